The van der Waals surface area contributed by atoms with Crippen LogP contribution in [0.3, 0.4) is 0 Å². The van der Waals surface area contributed by atoms with Gasteiger partial charge in [0.15, 0.2) is 6.61 Å². The summed E-state index contributed by atoms with van der Waals surface area (Å²) in [6.07, 6.45) is 0.401. The Balaban J connectivity index is 1.87. The monoisotopic (exact) mass is 464 g/mol. The third-order valence-corrected chi connectivity index (χ3v) is 5.87. The molecule has 0 aliphatic carbocycles. The van der Waals surface area contributed by atoms with E-state index < -0.39 is 6.04 Å². The van der Waals surface area contributed by atoms with Crippen LogP contribution >= 0.6 is 11.6 Å². The van der Waals surface area contributed by atoms with Gasteiger partial charge in [-0.1, -0.05) is 71.8 Å². The van der Waals surface area contributed by atoms with Crippen molar-refractivity contribution in [3.8, 4) is 5.75 Å². The number of nitrogens with zero attached hydrogens (tertiary/aromatic N) is 1. The van der Waals surface area contributed by atoms with Gasteiger partial charge in [-0.15, -0.1) is 0 Å². The number of ether oxygens (including phenoxy) is 1. The van der Waals surface area contributed by atoms with Crippen molar-refractivity contribution in [2.75, 3.05) is 13.7 Å². The van der Waals surface area contributed by atoms with Crippen LogP contribution in [0, 0.1) is 13.8 Å². The Morgan fingerprint density at radius 3 is 2.36 bits per heavy atom. The maximum absolute atomic E-state index is 13.4. The molecule has 1 atom stereocenters. The van der Waals surface area contributed by atoms with Crippen LogP contribution in [0.15, 0.2) is 72.8 Å². The van der Waals surface area contributed by atoms with Gasteiger partial charge in [0.25, 0.3) is 5.91 Å². The Morgan fingerprint density at radius 2 is 1.70 bits per heavy atom. The fourth-order valence-electron chi connectivity index (χ4n) is 3.66. The number of hydrogen-bond acceptors (Lipinski definition) is 3. The first-order valence-corrected chi connectivity index (χ1v) is 11.2. The Labute approximate surface area is 200 Å². The number of carbonyl (C=O) groups excluding carboxylic acids is 2. The first kappa shape index (κ1) is 24.3. The lowest BCUT2D eigenvalue weighted by Crippen LogP contribution is -2.51. The predicted octanol–water partition coefficient (Wildman–Crippen LogP) is 4.72. The number of nitrogens with one attached hydrogen (secondary N) is 1. The van der Waals surface area contributed by atoms with Crippen molar-refractivity contribution >= 4 is 23.4 Å². The van der Waals surface area contributed by atoms with E-state index in [2.05, 4.69) is 5.32 Å². The average Bonchev–Trinajstić information content (AvgIpc) is 2.82. The average molecular weight is 465 g/mol. The summed E-state index contributed by atoms with van der Waals surface area (Å²) < 4.78 is 5.78. The zero-order chi connectivity index (χ0) is 23.8. The molecule has 0 fully saturated rings. The van der Waals surface area contributed by atoms with Crippen molar-refractivity contribution < 1.29 is 14.3 Å². The van der Waals surface area contributed by atoms with Crippen LogP contribution in [-0.4, -0.2) is 36.4 Å². The number of likely N-dealkylation sites (N-methyl/N-ethyl adjacent to an activating group) is 1. The van der Waals surface area contributed by atoms with Gasteiger partial charge in [-0.25, -0.2) is 0 Å². The van der Waals surface area contributed by atoms with E-state index in [1.165, 1.54) is 0 Å². The molecule has 0 aromatic heterocycles. The molecule has 0 aliphatic rings. The lowest BCUT2D eigenvalue weighted by atomic mass is 10.0. The smallest absolute Gasteiger partial charge is 0.261 e. The highest BCUT2D eigenvalue weighted by Gasteiger charge is 2.30. The van der Waals surface area contributed by atoms with Crippen molar-refractivity contribution in [1.82, 2.24) is 10.2 Å². The summed E-state index contributed by atoms with van der Waals surface area (Å²) >= 11 is 6.09. The maximum atomic E-state index is 13.4. The first-order valence-electron chi connectivity index (χ1n) is 10.9. The first-order chi connectivity index (χ1) is 15.9. The second-order valence-electron chi connectivity index (χ2n) is 8.03. The molecule has 2 amide bonds. The minimum Gasteiger partial charge on any atom is -0.484 e. The van der Waals surface area contributed by atoms with Gasteiger partial charge in [0.2, 0.25) is 5.91 Å². The Bertz CT molecular complexity index is 1100. The molecule has 3 aromatic carbocycles. The number of halogens is 1. The quantitative estimate of drug-likeness (QED) is 0.498. The predicted molar refractivity (Wildman–Crippen MR) is 131 cm³/mol. The summed E-state index contributed by atoms with van der Waals surface area (Å²) in [4.78, 5) is 27.9. The molecule has 0 spiro atoms. The van der Waals surface area contributed by atoms with Crippen molar-refractivity contribution in [3.63, 3.8) is 0 Å². The number of benzene rings is 3. The highest BCUT2D eigenvalue weighted by atomic mass is 35.5. The number of rotatable bonds is 9. The van der Waals surface area contributed by atoms with E-state index in [-0.39, 0.29) is 18.4 Å². The standard InChI is InChI=1S/C27H29ClN2O3/c1-19-8-7-11-22(14-19)17-30(25(27(32)29-3)16-21-9-5-4-6-10-21)26(31)18-33-23-12-13-24(28)20(2)15-23/h4-15,25H,16-18H2,1-3H3,(H,29,32)/t25-/m1/s1. The van der Waals surface area contributed by atoms with E-state index in [0.29, 0.717) is 23.7 Å². The fourth-order valence-corrected chi connectivity index (χ4v) is 3.78. The molecular weight excluding hydrogens is 436 g/mol. The summed E-state index contributed by atoms with van der Waals surface area (Å²) in [5.41, 5.74) is 3.88. The van der Waals surface area contributed by atoms with Crippen molar-refractivity contribution in [3.05, 3.63) is 100 Å². The van der Waals surface area contributed by atoms with Gasteiger partial charge in [0.05, 0.1) is 0 Å². The second-order valence-corrected chi connectivity index (χ2v) is 8.44. The molecule has 0 unspecified atom stereocenters. The molecular formula is C27H29ClN2O3. The second kappa shape index (κ2) is 11.5. The van der Waals surface area contributed by atoms with Crippen molar-refractivity contribution in [1.29, 1.82) is 0 Å². The maximum Gasteiger partial charge on any atom is 0.261 e. The van der Waals surface area contributed by atoms with Gasteiger partial charge in [-0.2, -0.15) is 0 Å². The molecule has 0 saturated heterocycles. The molecule has 1 N–H and O–H groups in total. The molecule has 0 radical (unpaired) electrons. The normalized spacial score (nSPS) is 11.5. The van der Waals surface area contributed by atoms with E-state index in [0.717, 1.165) is 22.3 Å². The molecule has 172 valence electrons. The number of amides is 2. The van der Waals surface area contributed by atoms with E-state index in [1.54, 1.807) is 30.1 Å². The summed E-state index contributed by atoms with van der Waals surface area (Å²) in [6.45, 7) is 3.99. The van der Waals surface area contributed by atoms with Gasteiger partial charge in [-0.3, -0.25) is 9.59 Å². The van der Waals surface area contributed by atoms with Gasteiger partial charge >= 0.3 is 0 Å². The molecule has 0 aliphatic heterocycles. The minimum absolute atomic E-state index is 0.185. The van der Waals surface area contributed by atoms with Crippen LogP contribution in [0.25, 0.3) is 0 Å². The summed E-state index contributed by atoms with van der Waals surface area (Å²) in [5, 5.41) is 3.35. The van der Waals surface area contributed by atoms with Crippen LogP contribution in [0.5, 0.6) is 5.75 Å². The largest absolute Gasteiger partial charge is 0.484 e. The zero-order valence-corrected chi connectivity index (χ0v) is 19.9. The lowest BCUT2D eigenvalue weighted by molar-refractivity contribution is -0.142. The van der Waals surface area contributed by atoms with Gasteiger partial charge in [-0.05, 0) is 48.7 Å². The van der Waals surface area contributed by atoms with Gasteiger partial charge in [0, 0.05) is 25.0 Å². The Kier molecular flexibility index (Phi) is 8.50. The zero-order valence-electron chi connectivity index (χ0n) is 19.2. The molecule has 5 nitrogen and oxygen atoms in total. The molecule has 0 saturated carbocycles. The number of aryl methyl sites for hydroxylation is 2. The van der Waals surface area contributed by atoms with E-state index in [4.69, 9.17) is 16.3 Å². The Hall–Kier alpha value is -3.31. The third-order valence-electron chi connectivity index (χ3n) is 5.44. The van der Waals surface area contributed by atoms with Crippen LogP contribution in [0.1, 0.15) is 22.3 Å². The Morgan fingerprint density at radius 1 is 0.970 bits per heavy atom. The van der Waals surface area contributed by atoms with E-state index >= 15 is 0 Å². The summed E-state index contributed by atoms with van der Waals surface area (Å²) in [7, 11) is 1.59. The summed E-state index contributed by atoms with van der Waals surface area (Å²) in [5.74, 6) is 0.0659. The highest BCUT2D eigenvalue weighted by Crippen LogP contribution is 2.22. The molecule has 6 heteroatoms. The summed E-state index contributed by atoms with van der Waals surface area (Å²) in [6, 6.07) is 22.2. The minimum atomic E-state index is -0.680. The lowest BCUT2D eigenvalue weighted by Gasteiger charge is -2.31. The fraction of sp³-hybridized carbons (Fsp3) is 0.259. The van der Waals surface area contributed by atoms with Crippen molar-refractivity contribution in [2.45, 2.75) is 32.9 Å². The van der Waals surface area contributed by atoms with Gasteiger partial charge in [0.1, 0.15) is 11.8 Å². The molecule has 33 heavy (non-hydrogen) atoms. The SMILES string of the molecule is CNC(=O)[C@@H](Cc1ccccc1)N(Cc1cccc(C)c1)C(=O)COc1ccc(Cl)c(C)c1. The van der Waals surface area contributed by atoms with Crippen LogP contribution in [0.4, 0.5) is 0 Å². The van der Waals surface area contributed by atoms with Crippen LogP contribution in [0.2, 0.25) is 5.02 Å². The molecule has 0 heterocycles. The van der Waals surface area contributed by atoms with E-state index in [1.807, 2.05) is 68.4 Å². The van der Waals surface area contributed by atoms with E-state index in [9.17, 15) is 9.59 Å². The number of carbonyl (C=O) groups is 2. The molecule has 3 rings (SSSR count). The molecule has 0 bridgehead atoms. The van der Waals surface area contributed by atoms with Crippen LogP contribution in [-0.2, 0) is 22.6 Å². The topological polar surface area (TPSA) is 58.6 Å². The molecule has 3 aromatic rings. The number of hydrogen-bond donors (Lipinski definition) is 1. The highest BCUT2D eigenvalue weighted by molar-refractivity contribution is 6.31. The van der Waals surface area contributed by atoms with Crippen molar-refractivity contribution in [2.24, 2.45) is 0 Å². The third kappa shape index (κ3) is 6.83. The van der Waals surface area contributed by atoms with Crippen LogP contribution < -0.4 is 10.1 Å². The van der Waals surface area contributed by atoms with Gasteiger partial charge < -0.3 is 15.0 Å².